The van der Waals surface area contributed by atoms with Crippen molar-refractivity contribution in [3.8, 4) is 17.1 Å². The van der Waals surface area contributed by atoms with E-state index in [1.54, 1.807) is 6.26 Å². The van der Waals surface area contributed by atoms with Crippen LogP contribution in [-0.4, -0.2) is 24.9 Å². The molecule has 28 heavy (non-hydrogen) atoms. The SMILES string of the molecule is Cc1occc1-c1nnc(SCc2noc(CC(C)C)n2)n1-c1ccccc1. The lowest BCUT2D eigenvalue weighted by molar-refractivity contribution is 0.360. The van der Waals surface area contributed by atoms with Crippen molar-refractivity contribution >= 4 is 11.8 Å². The lowest BCUT2D eigenvalue weighted by Crippen LogP contribution is -2.00. The first kappa shape index (κ1) is 18.5. The molecule has 0 fully saturated rings. The summed E-state index contributed by atoms with van der Waals surface area (Å²) in [6, 6.07) is 11.9. The zero-order chi connectivity index (χ0) is 19.5. The van der Waals surface area contributed by atoms with E-state index in [1.165, 1.54) is 11.8 Å². The third kappa shape index (κ3) is 3.87. The van der Waals surface area contributed by atoms with Crippen LogP contribution in [0.15, 0.2) is 56.8 Å². The summed E-state index contributed by atoms with van der Waals surface area (Å²) in [6.07, 6.45) is 2.44. The maximum Gasteiger partial charge on any atom is 0.226 e. The van der Waals surface area contributed by atoms with E-state index < -0.39 is 0 Å². The zero-order valence-electron chi connectivity index (χ0n) is 16.0. The predicted molar refractivity (Wildman–Crippen MR) is 106 cm³/mol. The number of hydrogen-bond acceptors (Lipinski definition) is 7. The summed E-state index contributed by atoms with van der Waals surface area (Å²) >= 11 is 1.52. The first-order valence-corrected chi connectivity index (χ1v) is 10.1. The van der Waals surface area contributed by atoms with Crippen LogP contribution in [-0.2, 0) is 12.2 Å². The Morgan fingerprint density at radius 3 is 2.64 bits per heavy atom. The van der Waals surface area contributed by atoms with Crippen LogP contribution in [0.4, 0.5) is 0 Å². The summed E-state index contributed by atoms with van der Waals surface area (Å²) in [4.78, 5) is 4.47. The van der Waals surface area contributed by atoms with Gasteiger partial charge in [-0.2, -0.15) is 4.98 Å². The molecule has 8 heteroatoms. The monoisotopic (exact) mass is 395 g/mol. The maximum atomic E-state index is 5.46. The topological polar surface area (TPSA) is 82.8 Å². The van der Waals surface area contributed by atoms with Crippen molar-refractivity contribution in [3.63, 3.8) is 0 Å². The normalized spacial score (nSPS) is 11.4. The van der Waals surface area contributed by atoms with Gasteiger partial charge in [-0.05, 0) is 31.0 Å². The fourth-order valence-electron chi connectivity index (χ4n) is 2.87. The van der Waals surface area contributed by atoms with Crippen molar-refractivity contribution in [2.75, 3.05) is 0 Å². The van der Waals surface area contributed by atoms with E-state index in [1.807, 2.05) is 47.9 Å². The van der Waals surface area contributed by atoms with Crippen molar-refractivity contribution in [1.82, 2.24) is 24.9 Å². The summed E-state index contributed by atoms with van der Waals surface area (Å²) in [5, 5.41) is 13.7. The van der Waals surface area contributed by atoms with E-state index in [2.05, 4.69) is 34.2 Å². The predicted octanol–water partition coefficient (Wildman–Crippen LogP) is 4.71. The summed E-state index contributed by atoms with van der Waals surface area (Å²) in [5.74, 6) is 3.90. The number of para-hydroxylation sites is 1. The van der Waals surface area contributed by atoms with E-state index in [4.69, 9.17) is 8.94 Å². The van der Waals surface area contributed by atoms with Gasteiger partial charge in [0.2, 0.25) is 5.89 Å². The summed E-state index contributed by atoms with van der Waals surface area (Å²) in [6.45, 7) is 6.17. The molecule has 144 valence electrons. The summed E-state index contributed by atoms with van der Waals surface area (Å²) in [5.41, 5.74) is 1.90. The third-order valence-electron chi connectivity index (χ3n) is 4.17. The first-order chi connectivity index (χ1) is 13.6. The number of thioether (sulfide) groups is 1. The number of aryl methyl sites for hydroxylation is 1. The van der Waals surface area contributed by atoms with Gasteiger partial charge in [-0.3, -0.25) is 4.57 Å². The molecule has 0 aliphatic carbocycles. The van der Waals surface area contributed by atoms with Gasteiger partial charge in [-0.1, -0.05) is 49.0 Å². The van der Waals surface area contributed by atoms with Gasteiger partial charge >= 0.3 is 0 Å². The van der Waals surface area contributed by atoms with Crippen molar-refractivity contribution in [2.45, 2.75) is 38.1 Å². The van der Waals surface area contributed by atoms with E-state index >= 15 is 0 Å². The highest BCUT2D eigenvalue weighted by Crippen LogP contribution is 2.31. The van der Waals surface area contributed by atoms with Gasteiger partial charge in [0.25, 0.3) is 0 Å². The molecule has 7 nitrogen and oxygen atoms in total. The van der Waals surface area contributed by atoms with E-state index in [0.29, 0.717) is 23.4 Å². The molecule has 0 unspecified atom stereocenters. The van der Waals surface area contributed by atoms with Crippen LogP contribution in [0.1, 0.15) is 31.3 Å². The second kappa shape index (κ2) is 8.02. The molecule has 0 amide bonds. The van der Waals surface area contributed by atoms with Crippen LogP contribution >= 0.6 is 11.8 Å². The first-order valence-electron chi connectivity index (χ1n) is 9.11. The van der Waals surface area contributed by atoms with Gasteiger partial charge in [0.05, 0.1) is 17.6 Å². The smallest absolute Gasteiger partial charge is 0.226 e. The average Bonchev–Trinajstić information content (AvgIpc) is 3.40. The lowest BCUT2D eigenvalue weighted by atomic mass is 10.1. The van der Waals surface area contributed by atoms with Crippen LogP contribution in [0.2, 0.25) is 0 Å². The van der Waals surface area contributed by atoms with Gasteiger partial charge in [0, 0.05) is 12.1 Å². The van der Waals surface area contributed by atoms with Gasteiger partial charge in [-0.25, -0.2) is 0 Å². The molecule has 0 spiro atoms. The Morgan fingerprint density at radius 2 is 1.93 bits per heavy atom. The van der Waals surface area contributed by atoms with Crippen LogP contribution in [0.5, 0.6) is 0 Å². The fourth-order valence-corrected chi connectivity index (χ4v) is 3.67. The highest BCUT2D eigenvalue weighted by molar-refractivity contribution is 7.98. The molecule has 0 saturated heterocycles. The van der Waals surface area contributed by atoms with Crippen molar-refractivity contribution in [2.24, 2.45) is 5.92 Å². The largest absolute Gasteiger partial charge is 0.469 e. The average molecular weight is 395 g/mol. The number of furan rings is 1. The summed E-state index contributed by atoms with van der Waals surface area (Å²) < 4.78 is 12.8. The molecule has 0 radical (unpaired) electrons. The molecule has 3 heterocycles. The fraction of sp³-hybridized carbons (Fsp3) is 0.300. The second-order valence-corrected chi connectivity index (χ2v) is 7.80. The molecule has 3 aromatic heterocycles. The maximum absolute atomic E-state index is 5.46. The molecule has 4 aromatic rings. The Bertz CT molecular complexity index is 1050. The molecular formula is C20H21N5O2S. The van der Waals surface area contributed by atoms with Gasteiger partial charge in [0.1, 0.15) is 5.76 Å². The third-order valence-corrected chi connectivity index (χ3v) is 5.10. The molecule has 0 aliphatic rings. The number of nitrogens with zero attached hydrogens (tertiary/aromatic N) is 5. The van der Waals surface area contributed by atoms with Crippen LogP contribution < -0.4 is 0 Å². The van der Waals surface area contributed by atoms with Crippen LogP contribution in [0.25, 0.3) is 17.1 Å². The minimum Gasteiger partial charge on any atom is -0.469 e. The van der Waals surface area contributed by atoms with Crippen LogP contribution in [0.3, 0.4) is 0 Å². The molecule has 0 saturated carbocycles. The minimum atomic E-state index is 0.475. The Morgan fingerprint density at radius 1 is 1.11 bits per heavy atom. The molecule has 1 aromatic carbocycles. The lowest BCUT2D eigenvalue weighted by Gasteiger charge is -2.09. The summed E-state index contributed by atoms with van der Waals surface area (Å²) in [7, 11) is 0. The zero-order valence-corrected chi connectivity index (χ0v) is 16.8. The van der Waals surface area contributed by atoms with Crippen molar-refractivity contribution < 1.29 is 8.94 Å². The second-order valence-electron chi connectivity index (χ2n) is 6.86. The van der Waals surface area contributed by atoms with E-state index in [-0.39, 0.29) is 0 Å². The highest BCUT2D eigenvalue weighted by Gasteiger charge is 2.19. The minimum absolute atomic E-state index is 0.475. The highest BCUT2D eigenvalue weighted by atomic mass is 32.2. The van der Waals surface area contributed by atoms with Gasteiger partial charge in [0.15, 0.2) is 16.8 Å². The molecule has 0 bridgehead atoms. The Labute approximate surface area is 167 Å². The molecule has 0 atom stereocenters. The molecular weight excluding hydrogens is 374 g/mol. The number of rotatable bonds is 7. The quantitative estimate of drug-likeness (QED) is 0.419. The standard InChI is InChI=1S/C20H21N5O2S/c1-13(2)11-18-21-17(24-27-18)12-28-20-23-22-19(16-9-10-26-14(16)3)25(20)15-7-5-4-6-8-15/h4-10,13H,11-12H2,1-3H3. The molecule has 0 aliphatic heterocycles. The Balaban J connectivity index is 1.63. The van der Waals surface area contributed by atoms with Crippen molar-refractivity contribution in [3.05, 3.63) is 60.1 Å². The van der Waals surface area contributed by atoms with E-state index in [0.717, 1.165) is 34.4 Å². The number of benzene rings is 1. The number of aromatic nitrogens is 5. The van der Waals surface area contributed by atoms with Crippen LogP contribution in [0, 0.1) is 12.8 Å². The molecule has 0 N–H and O–H groups in total. The van der Waals surface area contributed by atoms with Gasteiger partial charge < -0.3 is 8.94 Å². The van der Waals surface area contributed by atoms with Gasteiger partial charge in [-0.15, -0.1) is 10.2 Å². The molecule has 4 rings (SSSR count). The Hall–Kier alpha value is -2.87. The van der Waals surface area contributed by atoms with Crippen molar-refractivity contribution in [1.29, 1.82) is 0 Å². The number of hydrogen-bond donors (Lipinski definition) is 0. The Kier molecular flexibility index (Phi) is 5.29. The van der Waals surface area contributed by atoms with E-state index in [9.17, 15) is 0 Å².